The first-order valence-corrected chi connectivity index (χ1v) is 10.4. The average molecular weight is 404 g/mol. The van der Waals surface area contributed by atoms with Gasteiger partial charge in [0.15, 0.2) is 0 Å². The molecule has 0 unspecified atom stereocenters. The molecule has 0 bridgehead atoms. The number of benzene rings is 1. The molecule has 1 aliphatic rings. The Bertz CT molecular complexity index is 1120. The van der Waals surface area contributed by atoms with Crippen LogP contribution in [0.15, 0.2) is 36.5 Å². The van der Waals surface area contributed by atoms with Gasteiger partial charge in [0.1, 0.15) is 5.60 Å². The topological polar surface area (TPSA) is 47.4 Å². The molecule has 1 aliphatic heterocycles. The lowest BCUT2D eigenvalue weighted by Gasteiger charge is -2.30. The maximum atomic E-state index is 12.6. The lowest BCUT2D eigenvalue weighted by atomic mass is 10.0. The van der Waals surface area contributed by atoms with Gasteiger partial charge in [-0.3, -0.25) is 4.98 Å². The number of rotatable bonds is 2. The Morgan fingerprint density at radius 1 is 1.17 bits per heavy atom. The highest BCUT2D eigenvalue weighted by Crippen LogP contribution is 2.32. The normalized spacial score (nSPS) is 14.4. The van der Waals surface area contributed by atoms with Crippen LogP contribution < -0.4 is 0 Å². The summed E-state index contributed by atoms with van der Waals surface area (Å²) < 4.78 is 7.87. The lowest BCUT2D eigenvalue weighted by Crippen LogP contribution is -2.40. The number of aryl methyl sites for hydroxylation is 2. The first kappa shape index (κ1) is 20.2. The van der Waals surface area contributed by atoms with E-state index in [0.717, 1.165) is 23.2 Å². The van der Waals surface area contributed by atoms with Gasteiger partial charge >= 0.3 is 6.09 Å². The standard InChI is InChI=1S/C25H29N3O2/c1-17-6-9-22-20(14-17)21-16-27(24(29)30-25(3,4)5)12-11-23(21)28(22)13-10-19-8-7-18(2)26-15-19/h6-10,13-15H,11-12,16H2,1-5H3. The summed E-state index contributed by atoms with van der Waals surface area (Å²) in [5.74, 6) is 0. The largest absolute Gasteiger partial charge is 0.444 e. The third-order valence-electron chi connectivity index (χ3n) is 5.35. The lowest BCUT2D eigenvalue weighted by molar-refractivity contribution is 0.0224. The van der Waals surface area contributed by atoms with Gasteiger partial charge in [0.25, 0.3) is 0 Å². The molecule has 0 spiro atoms. The van der Waals surface area contributed by atoms with E-state index < -0.39 is 5.60 Å². The maximum Gasteiger partial charge on any atom is 0.410 e. The molecule has 5 heteroatoms. The number of carbonyl (C=O) groups excluding carboxylic acids is 1. The van der Waals surface area contributed by atoms with Gasteiger partial charge in [-0.25, -0.2) is 4.79 Å². The van der Waals surface area contributed by atoms with Crippen molar-refractivity contribution < 1.29 is 9.53 Å². The number of aromatic nitrogens is 2. The molecule has 1 aromatic carbocycles. The van der Waals surface area contributed by atoms with E-state index in [1.807, 2.05) is 44.9 Å². The molecule has 0 fully saturated rings. The van der Waals surface area contributed by atoms with Gasteiger partial charge in [0.05, 0.1) is 12.1 Å². The quantitative estimate of drug-likeness (QED) is 0.562. The zero-order valence-electron chi connectivity index (χ0n) is 18.4. The Morgan fingerprint density at radius 3 is 2.67 bits per heavy atom. The molecule has 3 heterocycles. The average Bonchev–Trinajstić information content (AvgIpc) is 2.98. The molecule has 3 aromatic rings. The fourth-order valence-electron chi connectivity index (χ4n) is 3.90. The molecule has 0 aliphatic carbocycles. The summed E-state index contributed by atoms with van der Waals surface area (Å²) in [6, 6.07) is 10.6. The Balaban J connectivity index is 1.72. The van der Waals surface area contributed by atoms with E-state index in [0.29, 0.717) is 13.1 Å². The van der Waals surface area contributed by atoms with E-state index in [9.17, 15) is 4.79 Å². The smallest absolute Gasteiger partial charge is 0.410 e. The first-order valence-electron chi connectivity index (χ1n) is 10.4. The molecular formula is C25H29N3O2. The molecule has 5 nitrogen and oxygen atoms in total. The van der Waals surface area contributed by atoms with Gasteiger partial charge in [0.2, 0.25) is 0 Å². The van der Waals surface area contributed by atoms with Crippen molar-refractivity contribution in [2.24, 2.45) is 0 Å². The second kappa shape index (κ2) is 7.63. The fraction of sp³-hybridized carbons (Fsp3) is 0.360. The highest BCUT2D eigenvalue weighted by Gasteiger charge is 2.29. The summed E-state index contributed by atoms with van der Waals surface area (Å²) in [5.41, 5.74) is 6.41. The van der Waals surface area contributed by atoms with Gasteiger partial charge in [-0.15, -0.1) is 0 Å². The van der Waals surface area contributed by atoms with E-state index in [-0.39, 0.29) is 6.09 Å². The molecule has 2 aromatic heterocycles. The van der Waals surface area contributed by atoms with E-state index in [4.69, 9.17) is 4.74 Å². The Labute approximate surface area is 178 Å². The van der Waals surface area contributed by atoms with E-state index in [1.165, 1.54) is 22.2 Å². The van der Waals surface area contributed by atoms with Crippen molar-refractivity contribution in [1.82, 2.24) is 14.5 Å². The summed E-state index contributed by atoms with van der Waals surface area (Å²) in [4.78, 5) is 18.8. The number of fused-ring (bicyclic) bond motifs is 3. The van der Waals surface area contributed by atoms with Crippen LogP contribution in [0.2, 0.25) is 0 Å². The van der Waals surface area contributed by atoms with Crippen molar-refractivity contribution in [1.29, 1.82) is 0 Å². The zero-order chi connectivity index (χ0) is 21.5. The van der Waals surface area contributed by atoms with Crippen molar-refractivity contribution >= 4 is 29.3 Å². The van der Waals surface area contributed by atoms with Crippen molar-refractivity contribution in [3.63, 3.8) is 0 Å². The highest BCUT2D eigenvalue weighted by molar-refractivity contribution is 5.89. The van der Waals surface area contributed by atoms with E-state index in [1.54, 1.807) is 0 Å². The van der Waals surface area contributed by atoms with E-state index in [2.05, 4.69) is 53.0 Å². The van der Waals surface area contributed by atoms with Crippen molar-refractivity contribution in [3.8, 4) is 0 Å². The first-order chi connectivity index (χ1) is 14.2. The summed E-state index contributed by atoms with van der Waals surface area (Å²) in [6.45, 7) is 11.0. The minimum Gasteiger partial charge on any atom is -0.444 e. The van der Waals surface area contributed by atoms with Crippen LogP contribution in [-0.2, 0) is 17.7 Å². The maximum absolute atomic E-state index is 12.6. The SMILES string of the molecule is Cc1ccc2c(c1)c1c(n2C=Cc2ccc(C)nc2)CCN(C(=O)OC(C)(C)C)C1. The molecule has 30 heavy (non-hydrogen) atoms. The number of carbonyl (C=O) groups is 1. The minimum atomic E-state index is -0.493. The monoisotopic (exact) mass is 403 g/mol. The Kier molecular flexibility index (Phi) is 5.14. The van der Waals surface area contributed by atoms with Crippen LogP contribution >= 0.6 is 0 Å². The number of ether oxygens (including phenoxy) is 1. The molecule has 1 amide bonds. The summed E-state index contributed by atoms with van der Waals surface area (Å²) in [7, 11) is 0. The number of hydrogen-bond donors (Lipinski definition) is 0. The van der Waals surface area contributed by atoms with Crippen LogP contribution in [0.3, 0.4) is 0 Å². The van der Waals surface area contributed by atoms with Crippen molar-refractivity contribution in [3.05, 3.63) is 64.6 Å². The molecule has 0 saturated carbocycles. The number of nitrogens with zero attached hydrogens (tertiary/aromatic N) is 3. The summed E-state index contributed by atoms with van der Waals surface area (Å²) in [6.07, 6.45) is 6.64. The van der Waals surface area contributed by atoms with Crippen LogP contribution in [0.25, 0.3) is 23.2 Å². The van der Waals surface area contributed by atoms with E-state index >= 15 is 0 Å². The zero-order valence-corrected chi connectivity index (χ0v) is 18.4. The third kappa shape index (κ3) is 4.11. The second-order valence-electron chi connectivity index (χ2n) is 9.02. The minimum absolute atomic E-state index is 0.247. The van der Waals surface area contributed by atoms with Crippen LogP contribution in [0.5, 0.6) is 0 Å². The van der Waals surface area contributed by atoms with Crippen molar-refractivity contribution in [2.75, 3.05) is 6.54 Å². The van der Waals surface area contributed by atoms with Gasteiger partial charge in [0, 0.05) is 47.7 Å². The molecule has 0 saturated heterocycles. The van der Waals surface area contributed by atoms with Gasteiger partial charge in [-0.1, -0.05) is 17.7 Å². The highest BCUT2D eigenvalue weighted by atomic mass is 16.6. The van der Waals surface area contributed by atoms with Gasteiger partial charge < -0.3 is 14.2 Å². The number of amides is 1. The van der Waals surface area contributed by atoms with Crippen LogP contribution in [0.1, 0.15) is 48.8 Å². The van der Waals surface area contributed by atoms with Crippen molar-refractivity contribution in [2.45, 2.75) is 53.2 Å². The number of pyridine rings is 1. The summed E-state index contributed by atoms with van der Waals surface area (Å²) >= 11 is 0. The molecule has 0 N–H and O–H groups in total. The molecule has 4 rings (SSSR count). The van der Waals surface area contributed by atoms with Crippen LogP contribution in [0.4, 0.5) is 4.79 Å². The summed E-state index contributed by atoms with van der Waals surface area (Å²) in [5, 5.41) is 1.20. The van der Waals surface area contributed by atoms with Crippen LogP contribution in [-0.4, -0.2) is 32.7 Å². The Morgan fingerprint density at radius 2 is 1.97 bits per heavy atom. The fourth-order valence-corrected chi connectivity index (χ4v) is 3.90. The van der Waals surface area contributed by atoms with Gasteiger partial charge in [-0.05, 0) is 64.5 Å². The molecule has 156 valence electrons. The number of hydrogen-bond acceptors (Lipinski definition) is 3. The predicted molar refractivity (Wildman–Crippen MR) is 121 cm³/mol. The molecule has 0 atom stereocenters. The predicted octanol–water partition coefficient (Wildman–Crippen LogP) is 5.57. The third-order valence-corrected chi connectivity index (χ3v) is 5.35. The molecular weight excluding hydrogens is 374 g/mol. The Hall–Kier alpha value is -3.08. The van der Waals surface area contributed by atoms with Gasteiger partial charge in [-0.2, -0.15) is 0 Å². The van der Waals surface area contributed by atoms with Crippen LogP contribution in [0, 0.1) is 13.8 Å². The molecule has 0 radical (unpaired) electrons. The second-order valence-corrected chi connectivity index (χ2v) is 9.02.